The maximum absolute atomic E-state index is 12.1. The second-order valence-electron chi connectivity index (χ2n) is 5.53. The lowest BCUT2D eigenvalue weighted by Crippen LogP contribution is -2.32. The number of nitrogens with one attached hydrogen (secondary N) is 1. The highest BCUT2D eigenvalue weighted by Gasteiger charge is 2.19. The number of carboxylic acids is 1. The van der Waals surface area contributed by atoms with Crippen molar-refractivity contribution in [3.63, 3.8) is 0 Å². The highest BCUT2D eigenvalue weighted by atomic mass is 35.5. The maximum atomic E-state index is 12.1. The Morgan fingerprint density at radius 3 is 2.43 bits per heavy atom. The van der Waals surface area contributed by atoms with Crippen LogP contribution in [0.2, 0.25) is 10.2 Å². The Hall–Kier alpha value is -1.20. The van der Waals surface area contributed by atoms with E-state index in [1.54, 1.807) is 7.05 Å². The third-order valence-corrected chi connectivity index (χ3v) is 4.01. The van der Waals surface area contributed by atoms with Crippen LogP contribution in [-0.4, -0.2) is 28.1 Å². The molecular formula is C14H20Cl2N2O3. The second-order valence-corrected chi connectivity index (χ2v) is 6.30. The van der Waals surface area contributed by atoms with E-state index in [0.717, 1.165) is 6.42 Å². The number of carboxylic acid groups (broad SMARTS) is 1. The van der Waals surface area contributed by atoms with Crippen LogP contribution in [0.4, 0.5) is 0 Å². The third kappa shape index (κ3) is 5.25. The summed E-state index contributed by atoms with van der Waals surface area (Å²) in [5, 5.41) is 12.3. The highest BCUT2D eigenvalue weighted by molar-refractivity contribution is 6.41. The number of aliphatic carboxylic acids is 1. The number of carbonyl (C=O) groups is 2. The van der Waals surface area contributed by atoms with E-state index in [1.165, 1.54) is 10.6 Å². The molecule has 1 aromatic heterocycles. The zero-order valence-electron chi connectivity index (χ0n) is 12.3. The molecule has 5 nitrogen and oxygen atoms in total. The van der Waals surface area contributed by atoms with Gasteiger partial charge in [0.1, 0.15) is 10.8 Å². The lowest BCUT2D eigenvalue weighted by molar-refractivity contribution is -0.138. The van der Waals surface area contributed by atoms with Gasteiger partial charge in [-0.2, -0.15) is 0 Å². The molecule has 21 heavy (non-hydrogen) atoms. The first-order valence-corrected chi connectivity index (χ1v) is 7.48. The van der Waals surface area contributed by atoms with E-state index in [2.05, 4.69) is 5.32 Å². The van der Waals surface area contributed by atoms with Crippen LogP contribution in [0.1, 0.15) is 37.2 Å². The van der Waals surface area contributed by atoms with Gasteiger partial charge in [-0.3, -0.25) is 9.59 Å². The SMILES string of the molecule is CC(C)C[C@H](CNC(=O)c1cc(Cl)c(Cl)n1C)CC(=O)O. The van der Waals surface area contributed by atoms with E-state index in [4.69, 9.17) is 28.3 Å². The molecule has 7 heteroatoms. The Balaban J connectivity index is 2.68. The molecule has 1 heterocycles. The summed E-state index contributed by atoms with van der Waals surface area (Å²) in [6, 6.07) is 1.49. The molecule has 1 rings (SSSR count). The average Bonchev–Trinajstić information content (AvgIpc) is 2.62. The largest absolute Gasteiger partial charge is 0.481 e. The highest BCUT2D eigenvalue weighted by Crippen LogP contribution is 2.25. The van der Waals surface area contributed by atoms with E-state index in [-0.39, 0.29) is 18.2 Å². The Morgan fingerprint density at radius 2 is 2.00 bits per heavy atom. The van der Waals surface area contributed by atoms with Gasteiger partial charge >= 0.3 is 5.97 Å². The van der Waals surface area contributed by atoms with Crippen LogP contribution in [0.15, 0.2) is 6.07 Å². The fraction of sp³-hybridized carbons (Fsp3) is 0.571. The number of hydrogen-bond acceptors (Lipinski definition) is 2. The smallest absolute Gasteiger partial charge is 0.303 e. The summed E-state index contributed by atoms with van der Waals surface area (Å²) in [6.45, 7) is 4.35. The molecule has 0 aliphatic heterocycles. The van der Waals surface area contributed by atoms with E-state index < -0.39 is 5.97 Å². The Bertz CT molecular complexity index is 527. The molecule has 0 aromatic carbocycles. The van der Waals surface area contributed by atoms with E-state index >= 15 is 0 Å². The van der Waals surface area contributed by atoms with Crippen LogP contribution in [0.25, 0.3) is 0 Å². The summed E-state index contributed by atoms with van der Waals surface area (Å²) in [6.07, 6.45) is 0.772. The molecule has 0 spiro atoms. The molecule has 0 aliphatic carbocycles. The molecular weight excluding hydrogens is 315 g/mol. The second kappa shape index (κ2) is 7.71. The van der Waals surface area contributed by atoms with Crippen LogP contribution in [0, 0.1) is 11.8 Å². The van der Waals surface area contributed by atoms with Crippen molar-refractivity contribution < 1.29 is 14.7 Å². The molecule has 0 saturated carbocycles. The summed E-state index contributed by atoms with van der Waals surface area (Å²) in [7, 11) is 1.64. The Labute approximate surface area is 134 Å². The Morgan fingerprint density at radius 1 is 1.38 bits per heavy atom. The molecule has 0 bridgehead atoms. The van der Waals surface area contributed by atoms with Gasteiger partial charge in [0.05, 0.1) is 5.02 Å². The molecule has 1 amide bonds. The van der Waals surface area contributed by atoms with Crippen LogP contribution in [0.3, 0.4) is 0 Å². The third-order valence-electron chi connectivity index (χ3n) is 3.17. The van der Waals surface area contributed by atoms with Crippen LogP contribution in [0.5, 0.6) is 0 Å². The van der Waals surface area contributed by atoms with Gasteiger partial charge < -0.3 is 15.0 Å². The normalized spacial score (nSPS) is 12.5. The fourth-order valence-electron chi connectivity index (χ4n) is 2.24. The first-order chi connectivity index (χ1) is 9.72. The topological polar surface area (TPSA) is 71.3 Å². The lowest BCUT2D eigenvalue weighted by Gasteiger charge is -2.17. The first kappa shape index (κ1) is 17.9. The van der Waals surface area contributed by atoms with Gasteiger partial charge in [-0.1, -0.05) is 37.0 Å². The average molecular weight is 335 g/mol. The monoisotopic (exact) mass is 334 g/mol. The maximum Gasteiger partial charge on any atom is 0.303 e. The number of amides is 1. The number of rotatable bonds is 7. The first-order valence-electron chi connectivity index (χ1n) is 6.73. The molecule has 0 unspecified atom stereocenters. The molecule has 0 saturated heterocycles. The quantitative estimate of drug-likeness (QED) is 0.804. The summed E-state index contributed by atoms with van der Waals surface area (Å²) >= 11 is 11.8. The summed E-state index contributed by atoms with van der Waals surface area (Å²) in [4.78, 5) is 23.0. The zero-order chi connectivity index (χ0) is 16.2. The van der Waals surface area contributed by atoms with Crippen molar-refractivity contribution >= 4 is 35.1 Å². The number of aromatic nitrogens is 1. The van der Waals surface area contributed by atoms with E-state index in [9.17, 15) is 9.59 Å². The lowest BCUT2D eigenvalue weighted by atomic mass is 9.94. The van der Waals surface area contributed by atoms with Crippen LogP contribution >= 0.6 is 23.2 Å². The Kier molecular flexibility index (Phi) is 6.55. The molecule has 1 aromatic rings. The number of halogens is 2. The van der Waals surface area contributed by atoms with Gasteiger partial charge in [-0.25, -0.2) is 0 Å². The number of carbonyl (C=O) groups excluding carboxylic acids is 1. The minimum atomic E-state index is -0.861. The summed E-state index contributed by atoms with van der Waals surface area (Å²) in [5.74, 6) is -0.909. The molecule has 0 radical (unpaired) electrons. The van der Waals surface area contributed by atoms with Gasteiger partial charge in [-0.15, -0.1) is 0 Å². The fourth-order valence-corrected chi connectivity index (χ4v) is 2.62. The molecule has 0 fully saturated rings. The number of hydrogen-bond donors (Lipinski definition) is 2. The van der Waals surface area contributed by atoms with Crippen molar-refractivity contribution in [2.24, 2.45) is 18.9 Å². The van der Waals surface area contributed by atoms with E-state index in [1.807, 2.05) is 13.8 Å². The van der Waals surface area contributed by atoms with Gasteiger partial charge in [0.2, 0.25) is 0 Å². The molecule has 118 valence electrons. The van der Waals surface area contributed by atoms with Crippen molar-refractivity contribution in [2.75, 3.05) is 6.54 Å². The minimum absolute atomic E-state index is 0.0348. The number of nitrogens with zero attached hydrogens (tertiary/aromatic N) is 1. The minimum Gasteiger partial charge on any atom is -0.481 e. The van der Waals surface area contributed by atoms with Gasteiger partial charge in [0.15, 0.2) is 0 Å². The van der Waals surface area contributed by atoms with Crippen molar-refractivity contribution in [2.45, 2.75) is 26.7 Å². The van der Waals surface area contributed by atoms with Crippen LogP contribution < -0.4 is 5.32 Å². The summed E-state index contributed by atoms with van der Waals surface area (Å²) < 4.78 is 1.49. The van der Waals surface area contributed by atoms with Crippen molar-refractivity contribution in [1.82, 2.24) is 9.88 Å². The molecule has 0 aliphatic rings. The standard InChI is InChI=1S/C14H20Cl2N2O3/c1-8(2)4-9(5-12(19)20)7-17-14(21)11-6-10(15)13(16)18(11)3/h6,8-9H,4-5,7H2,1-3H3,(H,17,21)(H,19,20)/t9-/m0/s1. The van der Waals surface area contributed by atoms with Crippen molar-refractivity contribution in [1.29, 1.82) is 0 Å². The molecule has 2 N–H and O–H groups in total. The van der Waals surface area contributed by atoms with Crippen LogP contribution in [-0.2, 0) is 11.8 Å². The van der Waals surface area contributed by atoms with E-state index in [0.29, 0.717) is 28.3 Å². The van der Waals surface area contributed by atoms with Gasteiger partial charge in [-0.05, 0) is 24.3 Å². The molecule has 1 atom stereocenters. The predicted molar refractivity (Wildman–Crippen MR) is 83.0 cm³/mol. The predicted octanol–water partition coefficient (Wildman–Crippen LogP) is 3.20. The summed E-state index contributed by atoms with van der Waals surface area (Å²) in [5.41, 5.74) is 0.351. The van der Waals surface area contributed by atoms with Gasteiger partial charge in [0.25, 0.3) is 5.91 Å². The zero-order valence-corrected chi connectivity index (χ0v) is 13.8. The van der Waals surface area contributed by atoms with Crippen molar-refractivity contribution in [3.8, 4) is 0 Å². The van der Waals surface area contributed by atoms with Crippen molar-refractivity contribution in [3.05, 3.63) is 21.9 Å². The van der Waals surface area contributed by atoms with Gasteiger partial charge in [0, 0.05) is 20.0 Å².